The van der Waals surface area contributed by atoms with Gasteiger partial charge in [0.15, 0.2) is 0 Å². The van der Waals surface area contributed by atoms with E-state index in [-0.39, 0.29) is 11.1 Å². The Morgan fingerprint density at radius 1 is 1.36 bits per heavy atom. The highest BCUT2D eigenvalue weighted by atomic mass is 16.5. The van der Waals surface area contributed by atoms with Gasteiger partial charge in [0.2, 0.25) is 5.91 Å². The van der Waals surface area contributed by atoms with Crippen molar-refractivity contribution in [1.29, 1.82) is 0 Å². The highest BCUT2D eigenvalue weighted by Gasteiger charge is 2.14. The zero-order valence-electron chi connectivity index (χ0n) is 7.48. The summed E-state index contributed by atoms with van der Waals surface area (Å²) in [5, 5.41) is 8.73. The van der Waals surface area contributed by atoms with E-state index in [1.165, 1.54) is 25.3 Å². The van der Waals surface area contributed by atoms with Gasteiger partial charge >= 0.3 is 5.97 Å². The number of rotatable bonds is 3. The molecule has 0 bridgehead atoms. The third-order valence-corrected chi connectivity index (χ3v) is 1.72. The number of hydrogen-bond acceptors (Lipinski definition) is 3. The molecule has 0 heterocycles. The maximum atomic E-state index is 10.9. The molecule has 0 fully saturated rings. The van der Waals surface area contributed by atoms with Crippen molar-refractivity contribution in [2.24, 2.45) is 5.73 Å². The Labute approximate surface area is 80.1 Å². The fraction of sp³-hybridized carbons (Fsp3) is 0.111. The third kappa shape index (κ3) is 1.82. The smallest absolute Gasteiger partial charge is 0.336 e. The van der Waals surface area contributed by atoms with E-state index in [9.17, 15) is 9.59 Å². The van der Waals surface area contributed by atoms with Crippen LogP contribution in [0.2, 0.25) is 0 Å². The lowest BCUT2D eigenvalue weighted by atomic mass is 10.1. The molecule has 0 aliphatic carbocycles. The predicted molar refractivity (Wildman–Crippen MR) is 48.5 cm³/mol. The molecule has 1 amide bonds. The molecule has 5 nitrogen and oxygen atoms in total. The highest BCUT2D eigenvalue weighted by Crippen LogP contribution is 2.17. The van der Waals surface area contributed by atoms with Crippen molar-refractivity contribution in [1.82, 2.24) is 0 Å². The topological polar surface area (TPSA) is 89.6 Å². The first-order valence-corrected chi connectivity index (χ1v) is 3.77. The number of methoxy groups -OCH3 is 1. The Bertz CT molecular complexity index is 386. The number of carboxylic acids is 1. The van der Waals surface area contributed by atoms with Gasteiger partial charge in [-0.1, -0.05) is 0 Å². The molecule has 0 atom stereocenters. The van der Waals surface area contributed by atoms with Crippen molar-refractivity contribution in [2.45, 2.75) is 0 Å². The van der Waals surface area contributed by atoms with Crippen LogP contribution in [0, 0.1) is 0 Å². The average Bonchev–Trinajstić information content (AvgIpc) is 2.16. The van der Waals surface area contributed by atoms with Gasteiger partial charge in [0.05, 0.1) is 18.2 Å². The molecule has 0 saturated carbocycles. The quantitative estimate of drug-likeness (QED) is 0.734. The van der Waals surface area contributed by atoms with E-state index in [1.54, 1.807) is 0 Å². The van der Waals surface area contributed by atoms with Crippen LogP contribution in [0.3, 0.4) is 0 Å². The van der Waals surface area contributed by atoms with Crippen molar-refractivity contribution in [3.05, 3.63) is 29.3 Å². The third-order valence-electron chi connectivity index (χ3n) is 1.72. The fourth-order valence-corrected chi connectivity index (χ4v) is 1.04. The van der Waals surface area contributed by atoms with Gasteiger partial charge in [0.1, 0.15) is 5.75 Å². The molecule has 0 aliphatic rings. The van der Waals surface area contributed by atoms with Gasteiger partial charge in [-0.2, -0.15) is 0 Å². The summed E-state index contributed by atoms with van der Waals surface area (Å²) in [6, 6.07) is 4.03. The summed E-state index contributed by atoms with van der Waals surface area (Å²) < 4.78 is 4.84. The summed E-state index contributed by atoms with van der Waals surface area (Å²) in [4.78, 5) is 21.6. The first kappa shape index (κ1) is 10.0. The summed E-state index contributed by atoms with van der Waals surface area (Å²) in [5.41, 5.74) is 4.83. The Balaban J connectivity index is 3.31. The maximum absolute atomic E-state index is 10.9. The molecule has 0 saturated heterocycles. The number of aromatic carboxylic acids is 1. The van der Waals surface area contributed by atoms with E-state index in [0.29, 0.717) is 5.75 Å². The van der Waals surface area contributed by atoms with Crippen LogP contribution in [0.5, 0.6) is 5.75 Å². The zero-order valence-corrected chi connectivity index (χ0v) is 7.48. The van der Waals surface area contributed by atoms with Gasteiger partial charge in [-0.3, -0.25) is 4.79 Å². The fourth-order valence-electron chi connectivity index (χ4n) is 1.04. The minimum Gasteiger partial charge on any atom is -0.497 e. The molecule has 5 heteroatoms. The van der Waals surface area contributed by atoms with E-state index >= 15 is 0 Å². The molecule has 0 unspecified atom stereocenters. The lowest BCUT2D eigenvalue weighted by Crippen LogP contribution is -2.16. The number of amides is 1. The number of carbonyl (C=O) groups is 2. The Kier molecular flexibility index (Phi) is 2.71. The molecule has 0 aromatic heterocycles. The summed E-state index contributed by atoms with van der Waals surface area (Å²) >= 11 is 0. The van der Waals surface area contributed by atoms with Crippen LogP contribution in [0.15, 0.2) is 18.2 Å². The number of hydrogen-bond donors (Lipinski definition) is 2. The van der Waals surface area contributed by atoms with Crippen LogP contribution in [-0.2, 0) is 0 Å². The largest absolute Gasteiger partial charge is 0.497 e. The number of carbonyl (C=O) groups excluding carboxylic acids is 1. The number of ether oxygens (including phenoxy) is 1. The van der Waals surface area contributed by atoms with Gasteiger partial charge < -0.3 is 15.6 Å². The molecular weight excluding hydrogens is 186 g/mol. The monoisotopic (exact) mass is 195 g/mol. The predicted octanol–water partition coefficient (Wildman–Crippen LogP) is 0.492. The summed E-state index contributed by atoms with van der Waals surface area (Å²) in [6.07, 6.45) is 0. The number of nitrogens with two attached hydrogens (primary N) is 1. The Hall–Kier alpha value is -2.04. The lowest BCUT2D eigenvalue weighted by Gasteiger charge is -2.04. The lowest BCUT2D eigenvalue weighted by molar-refractivity contribution is 0.0692. The second kappa shape index (κ2) is 3.78. The van der Waals surface area contributed by atoms with Crippen LogP contribution in [0.25, 0.3) is 0 Å². The van der Waals surface area contributed by atoms with Gasteiger partial charge in [0.25, 0.3) is 0 Å². The van der Waals surface area contributed by atoms with Gasteiger partial charge in [-0.15, -0.1) is 0 Å². The van der Waals surface area contributed by atoms with Crippen molar-refractivity contribution < 1.29 is 19.4 Å². The molecule has 1 aromatic rings. The summed E-state index contributed by atoms with van der Waals surface area (Å²) in [5.74, 6) is -1.59. The van der Waals surface area contributed by atoms with E-state index in [4.69, 9.17) is 15.6 Å². The molecule has 1 rings (SSSR count). The molecule has 74 valence electrons. The summed E-state index contributed by atoms with van der Waals surface area (Å²) in [7, 11) is 1.42. The molecule has 0 spiro atoms. The SMILES string of the molecule is COc1ccc(C(=O)O)c(C(N)=O)c1. The minimum atomic E-state index is -1.19. The first-order chi connectivity index (χ1) is 6.56. The van der Waals surface area contributed by atoms with Crippen molar-refractivity contribution in [2.75, 3.05) is 7.11 Å². The van der Waals surface area contributed by atoms with Crippen molar-refractivity contribution in [3.63, 3.8) is 0 Å². The Morgan fingerprint density at radius 2 is 2.00 bits per heavy atom. The van der Waals surface area contributed by atoms with Crippen LogP contribution < -0.4 is 10.5 Å². The summed E-state index contributed by atoms with van der Waals surface area (Å²) in [6.45, 7) is 0. The van der Waals surface area contributed by atoms with Gasteiger partial charge in [0, 0.05) is 0 Å². The molecular formula is C9H9NO4. The van der Waals surface area contributed by atoms with E-state index in [2.05, 4.69) is 0 Å². The maximum Gasteiger partial charge on any atom is 0.336 e. The van der Waals surface area contributed by atoms with Crippen LogP contribution >= 0.6 is 0 Å². The molecule has 14 heavy (non-hydrogen) atoms. The van der Waals surface area contributed by atoms with E-state index < -0.39 is 11.9 Å². The molecule has 1 aromatic carbocycles. The van der Waals surface area contributed by atoms with Gasteiger partial charge in [-0.05, 0) is 18.2 Å². The van der Waals surface area contributed by atoms with Gasteiger partial charge in [-0.25, -0.2) is 4.79 Å². The molecule has 0 radical (unpaired) electrons. The van der Waals surface area contributed by atoms with Crippen LogP contribution in [0.1, 0.15) is 20.7 Å². The zero-order chi connectivity index (χ0) is 10.7. The van der Waals surface area contributed by atoms with Crippen molar-refractivity contribution >= 4 is 11.9 Å². The number of primary amides is 1. The van der Waals surface area contributed by atoms with E-state index in [0.717, 1.165) is 0 Å². The second-order valence-electron chi connectivity index (χ2n) is 2.58. The second-order valence-corrected chi connectivity index (χ2v) is 2.58. The van der Waals surface area contributed by atoms with Crippen LogP contribution in [0.4, 0.5) is 0 Å². The number of benzene rings is 1. The van der Waals surface area contributed by atoms with Crippen LogP contribution in [-0.4, -0.2) is 24.1 Å². The Morgan fingerprint density at radius 3 is 2.43 bits per heavy atom. The average molecular weight is 195 g/mol. The van der Waals surface area contributed by atoms with E-state index in [1.807, 2.05) is 0 Å². The van der Waals surface area contributed by atoms with Crippen molar-refractivity contribution in [3.8, 4) is 5.75 Å². The number of carboxylic acid groups (broad SMARTS) is 1. The minimum absolute atomic E-state index is 0.0585. The highest BCUT2D eigenvalue weighted by molar-refractivity contribution is 6.04. The first-order valence-electron chi connectivity index (χ1n) is 3.77. The molecule has 3 N–H and O–H groups in total. The molecule has 0 aliphatic heterocycles. The normalized spacial score (nSPS) is 9.50. The standard InChI is InChI=1S/C9H9NO4/c1-14-5-2-3-6(9(12)13)7(4-5)8(10)11/h2-4H,1H3,(H2,10,11)(H,12,13).